The minimum atomic E-state index is 0.370. The number of phenolic OH excluding ortho intramolecular Hbond substituents is 1. The first-order chi connectivity index (χ1) is 10.6. The number of aryl methyl sites for hydroxylation is 2. The molecule has 22 heavy (non-hydrogen) atoms. The van der Waals surface area contributed by atoms with Crippen LogP contribution < -0.4 is 4.74 Å². The molecular formula is C19H22O3. The molecule has 116 valence electrons. The zero-order valence-electron chi connectivity index (χ0n) is 13.3. The van der Waals surface area contributed by atoms with Crippen molar-refractivity contribution in [3.63, 3.8) is 0 Å². The molecule has 0 amide bonds. The predicted octanol–water partition coefficient (Wildman–Crippen LogP) is 4.20. The Bertz CT molecular complexity index is 619. The molecule has 0 unspecified atom stereocenters. The minimum Gasteiger partial charge on any atom is -0.507 e. The molecule has 3 heteroatoms. The number of hydrogen-bond donors (Lipinski definition) is 1. The van der Waals surface area contributed by atoms with Crippen LogP contribution in [-0.4, -0.2) is 25.4 Å². The molecule has 2 rings (SSSR count). The van der Waals surface area contributed by atoms with Gasteiger partial charge in [0.05, 0.1) is 6.61 Å². The lowest BCUT2D eigenvalue weighted by molar-refractivity contribution is 0.146. The molecule has 2 aromatic rings. The van der Waals surface area contributed by atoms with Gasteiger partial charge in [-0.05, 0) is 60.4 Å². The van der Waals surface area contributed by atoms with Crippen LogP contribution in [0.2, 0.25) is 0 Å². The predicted molar refractivity (Wildman–Crippen MR) is 90.3 cm³/mol. The molecule has 3 nitrogen and oxygen atoms in total. The normalized spacial score (nSPS) is 11.0. The van der Waals surface area contributed by atoms with E-state index in [1.54, 1.807) is 7.11 Å². The molecule has 0 saturated heterocycles. The number of ether oxygens (including phenoxy) is 2. The summed E-state index contributed by atoms with van der Waals surface area (Å²) < 4.78 is 10.5. The van der Waals surface area contributed by atoms with E-state index in [1.165, 1.54) is 0 Å². The summed E-state index contributed by atoms with van der Waals surface area (Å²) >= 11 is 0. The summed E-state index contributed by atoms with van der Waals surface area (Å²) in [4.78, 5) is 0. The third-order valence-corrected chi connectivity index (χ3v) is 3.42. The molecule has 0 aromatic heterocycles. The summed E-state index contributed by atoms with van der Waals surface area (Å²) in [5.41, 5.74) is 3.96. The Morgan fingerprint density at radius 3 is 2.09 bits per heavy atom. The number of methoxy groups -OCH3 is 1. The van der Waals surface area contributed by atoms with Crippen LogP contribution in [0.15, 0.2) is 36.4 Å². The van der Waals surface area contributed by atoms with Crippen LogP contribution in [0.25, 0.3) is 12.2 Å². The Morgan fingerprint density at radius 2 is 1.50 bits per heavy atom. The van der Waals surface area contributed by atoms with Crippen molar-refractivity contribution in [3.05, 3.63) is 58.7 Å². The van der Waals surface area contributed by atoms with Gasteiger partial charge in [0.25, 0.3) is 0 Å². The van der Waals surface area contributed by atoms with Crippen LogP contribution in [0, 0.1) is 13.8 Å². The lowest BCUT2D eigenvalue weighted by atomic mass is 10.0. The molecule has 1 N–H and O–H groups in total. The second-order valence-electron chi connectivity index (χ2n) is 5.25. The fourth-order valence-electron chi connectivity index (χ4n) is 2.20. The number of phenols is 1. The number of rotatable bonds is 6. The molecule has 0 aliphatic heterocycles. The first-order valence-electron chi connectivity index (χ1n) is 7.30. The fraction of sp³-hybridized carbons (Fsp3) is 0.263. The summed E-state index contributed by atoms with van der Waals surface area (Å²) in [6.07, 6.45) is 4.09. The topological polar surface area (TPSA) is 38.7 Å². The highest BCUT2D eigenvalue weighted by Gasteiger charge is 2.01. The van der Waals surface area contributed by atoms with E-state index in [2.05, 4.69) is 0 Å². The molecule has 0 saturated carbocycles. The summed E-state index contributed by atoms with van der Waals surface area (Å²) in [5, 5.41) is 9.79. The average molecular weight is 298 g/mol. The van der Waals surface area contributed by atoms with E-state index in [-0.39, 0.29) is 0 Å². The molecule has 0 bridgehead atoms. The van der Waals surface area contributed by atoms with E-state index in [4.69, 9.17) is 9.47 Å². The fourth-order valence-corrected chi connectivity index (χ4v) is 2.20. The van der Waals surface area contributed by atoms with Crippen molar-refractivity contribution in [3.8, 4) is 11.5 Å². The summed E-state index contributed by atoms with van der Waals surface area (Å²) in [6, 6.07) is 11.9. The third kappa shape index (κ3) is 4.37. The van der Waals surface area contributed by atoms with E-state index in [9.17, 15) is 5.11 Å². The molecule has 0 aliphatic carbocycles. The molecule has 2 aromatic carbocycles. The zero-order valence-corrected chi connectivity index (χ0v) is 13.3. The van der Waals surface area contributed by atoms with E-state index in [0.29, 0.717) is 19.0 Å². The SMILES string of the molecule is COCCOc1ccc(/C=C/c2cc(C)c(O)c(C)c2)cc1. The second-order valence-corrected chi connectivity index (χ2v) is 5.25. The lowest BCUT2D eigenvalue weighted by Crippen LogP contribution is -2.03. The van der Waals surface area contributed by atoms with Gasteiger partial charge in [-0.15, -0.1) is 0 Å². The maximum atomic E-state index is 9.79. The number of aromatic hydroxyl groups is 1. The van der Waals surface area contributed by atoms with Crippen molar-refractivity contribution in [1.82, 2.24) is 0 Å². The van der Waals surface area contributed by atoms with Crippen molar-refractivity contribution in [1.29, 1.82) is 0 Å². The smallest absolute Gasteiger partial charge is 0.121 e. The van der Waals surface area contributed by atoms with Gasteiger partial charge in [0, 0.05) is 7.11 Å². The highest BCUT2D eigenvalue weighted by atomic mass is 16.5. The second kappa shape index (κ2) is 7.66. The summed E-state index contributed by atoms with van der Waals surface area (Å²) in [6.45, 7) is 4.95. The van der Waals surface area contributed by atoms with Gasteiger partial charge in [0.2, 0.25) is 0 Å². The van der Waals surface area contributed by atoms with Crippen molar-refractivity contribution < 1.29 is 14.6 Å². The van der Waals surface area contributed by atoms with Gasteiger partial charge in [0.15, 0.2) is 0 Å². The minimum absolute atomic E-state index is 0.370. The van der Waals surface area contributed by atoms with Crippen LogP contribution in [0.1, 0.15) is 22.3 Å². The van der Waals surface area contributed by atoms with Gasteiger partial charge in [-0.2, -0.15) is 0 Å². The van der Waals surface area contributed by atoms with Crippen LogP contribution >= 0.6 is 0 Å². The van der Waals surface area contributed by atoms with Crippen molar-refractivity contribution in [2.45, 2.75) is 13.8 Å². The van der Waals surface area contributed by atoms with Crippen molar-refractivity contribution >= 4 is 12.2 Å². The third-order valence-electron chi connectivity index (χ3n) is 3.42. The van der Waals surface area contributed by atoms with Gasteiger partial charge >= 0.3 is 0 Å². The number of benzene rings is 2. The Hall–Kier alpha value is -2.26. The van der Waals surface area contributed by atoms with Gasteiger partial charge in [0.1, 0.15) is 18.1 Å². The van der Waals surface area contributed by atoms with Crippen LogP contribution in [-0.2, 0) is 4.74 Å². The monoisotopic (exact) mass is 298 g/mol. The Balaban J connectivity index is 2.04. The van der Waals surface area contributed by atoms with E-state index in [0.717, 1.165) is 28.0 Å². The van der Waals surface area contributed by atoms with E-state index in [1.807, 2.05) is 62.4 Å². The van der Waals surface area contributed by atoms with Crippen LogP contribution in [0.4, 0.5) is 0 Å². The highest BCUT2D eigenvalue weighted by molar-refractivity contribution is 5.71. The van der Waals surface area contributed by atoms with Gasteiger partial charge in [-0.1, -0.05) is 24.3 Å². The lowest BCUT2D eigenvalue weighted by Gasteiger charge is -2.06. The molecule has 0 spiro atoms. The molecule has 0 heterocycles. The quantitative estimate of drug-likeness (QED) is 0.641. The van der Waals surface area contributed by atoms with Gasteiger partial charge in [-0.25, -0.2) is 0 Å². The van der Waals surface area contributed by atoms with E-state index < -0.39 is 0 Å². The van der Waals surface area contributed by atoms with Crippen molar-refractivity contribution in [2.75, 3.05) is 20.3 Å². The Morgan fingerprint density at radius 1 is 0.909 bits per heavy atom. The molecule has 0 radical (unpaired) electrons. The largest absolute Gasteiger partial charge is 0.507 e. The zero-order chi connectivity index (χ0) is 15.9. The van der Waals surface area contributed by atoms with Gasteiger partial charge in [-0.3, -0.25) is 0 Å². The maximum absolute atomic E-state index is 9.79. The standard InChI is InChI=1S/C19H22O3/c1-14-12-17(13-15(2)19(14)20)5-4-16-6-8-18(9-7-16)22-11-10-21-3/h4-9,12-13,20H,10-11H2,1-3H3/b5-4+. The van der Waals surface area contributed by atoms with Crippen LogP contribution in [0.3, 0.4) is 0 Å². The average Bonchev–Trinajstić information content (AvgIpc) is 2.52. The number of hydrogen-bond acceptors (Lipinski definition) is 3. The Kier molecular flexibility index (Phi) is 5.61. The van der Waals surface area contributed by atoms with Gasteiger partial charge < -0.3 is 14.6 Å². The maximum Gasteiger partial charge on any atom is 0.121 e. The molecule has 0 fully saturated rings. The van der Waals surface area contributed by atoms with Crippen LogP contribution in [0.5, 0.6) is 11.5 Å². The summed E-state index contributed by atoms with van der Waals surface area (Å²) in [7, 11) is 1.66. The van der Waals surface area contributed by atoms with Crippen molar-refractivity contribution in [2.24, 2.45) is 0 Å². The van der Waals surface area contributed by atoms with E-state index >= 15 is 0 Å². The summed E-state index contributed by atoms with van der Waals surface area (Å²) in [5.74, 6) is 1.21. The first-order valence-corrected chi connectivity index (χ1v) is 7.30. The molecule has 0 aliphatic rings. The first kappa shape index (κ1) is 16.1. The highest BCUT2D eigenvalue weighted by Crippen LogP contribution is 2.24. The Labute approximate surface area is 131 Å². The molecule has 0 atom stereocenters. The molecular weight excluding hydrogens is 276 g/mol.